The molecule has 20 heavy (non-hydrogen) atoms. The van der Waals surface area contributed by atoms with E-state index in [4.69, 9.17) is 0 Å². The summed E-state index contributed by atoms with van der Waals surface area (Å²) in [5.41, 5.74) is 0.722. The quantitative estimate of drug-likeness (QED) is 0.858. The summed E-state index contributed by atoms with van der Waals surface area (Å²) in [6, 6.07) is 6.02. The summed E-state index contributed by atoms with van der Waals surface area (Å²) in [7, 11) is 0. The number of carbonyl (C=O) groups excluding carboxylic acids is 2. The number of amides is 2. The van der Waals surface area contributed by atoms with Crippen LogP contribution in [-0.4, -0.2) is 24.4 Å². The Morgan fingerprint density at radius 2 is 1.75 bits per heavy atom. The van der Waals surface area contributed by atoms with Gasteiger partial charge in [0.15, 0.2) is 0 Å². The zero-order chi connectivity index (χ0) is 14.4. The first kappa shape index (κ1) is 14.5. The normalized spacial score (nSPS) is 15.1. The number of hydrogen-bond donors (Lipinski definition) is 2. The fraction of sp³-hybridized carbons (Fsp3) is 0.467. The van der Waals surface area contributed by atoms with E-state index in [1.54, 1.807) is 12.1 Å². The monoisotopic (exact) mass is 278 g/mol. The summed E-state index contributed by atoms with van der Waals surface area (Å²) in [4.78, 5) is 23.3. The van der Waals surface area contributed by atoms with Gasteiger partial charge < -0.3 is 10.6 Å². The molecular formula is C15H19FN2O2. The third-order valence-corrected chi connectivity index (χ3v) is 3.44. The van der Waals surface area contributed by atoms with Crippen LogP contribution in [0, 0.1) is 5.82 Å². The van der Waals surface area contributed by atoms with Crippen molar-refractivity contribution in [2.24, 2.45) is 0 Å². The smallest absolute Gasteiger partial charge is 0.239 e. The van der Waals surface area contributed by atoms with E-state index in [-0.39, 0.29) is 36.6 Å². The first-order valence-corrected chi connectivity index (χ1v) is 6.94. The van der Waals surface area contributed by atoms with Gasteiger partial charge in [-0.15, -0.1) is 0 Å². The van der Waals surface area contributed by atoms with E-state index in [1.165, 1.54) is 12.1 Å². The van der Waals surface area contributed by atoms with Gasteiger partial charge in [0.05, 0.1) is 13.0 Å². The molecule has 0 heterocycles. The molecule has 2 rings (SSSR count). The Bertz CT molecular complexity index is 467. The van der Waals surface area contributed by atoms with Crippen molar-refractivity contribution in [2.45, 2.75) is 38.1 Å². The molecule has 4 nitrogen and oxygen atoms in total. The number of carbonyl (C=O) groups is 2. The molecule has 0 aromatic heterocycles. The number of rotatable bonds is 5. The third kappa shape index (κ3) is 4.64. The van der Waals surface area contributed by atoms with Crippen molar-refractivity contribution in [3.05, 3.63) is 35.6 Å². The lowest BCUT2D eigenvalue weighted by atomic mass is 10.1. The van der Waals surface area contributed by atoms with Crippen LogP contribution in [-0.2, 0) is 16.0 Å². The van der Waals surface area contributed by atoms with Crippen LogP contribution in [0.15, 0.2) is 24.3 Å². The molecule has 0 unspecified atom stereocenters. The van der Waals surface area contributed by atoms with E-state index in [9.17, 15) is 14.0 Å². The summed E-state index contributed by atoms with van der Waals surface area (Å²) in [5.74, 6) is -0.715. The molecule has 2 N–H and O–H groups in total. The molecule has 0 saturated heterocycles. The minimum absolute atomic E-state index is 0.00344. The van der Waals surface area contributed by atoms with Crippen molar-refractivity contribution in [1.82, 2.24) is 10.6 Å². The summed E-state index contributed by atoms with van der Waals surface area (Å²) >= 11 is 0. The molecule has 108 valence electrons. The number of nitrogens with one attached hydrogen (secondary N) is 2. The number of hydrogen-bond acceptors (Lipinski definition) is 2. The van der Waals surface area contributed by atoms with Crippen molar-refractivity contribution in [3.63, 3.8) is 0 Å². The van der Waals surface area contributed by atoms with Crippen molar-refractivity contribution in [2.75, 3.05) is 6.54 Å². The zero-order valence-corrected chi connectivity index (χ0v) is 11.3. The molecule has 1 aromatic rings. The van der Waals surface area contributed by atoms with Gasteiger partial charge in [0.25, 0.3) is 0 Å². The molecule has 1 fully saturated rings. The van der Waals surface area contributed by atoms with Gasteiger partial charge in [0, 0.05) is 6.04 Å². The average molecular weight is 278 g/mol. The molecule has 0 radical (unpaired) electrons. The van der Waals surface area contributed by atoms with Crippen LogP contribution in [0.4, 0.5) is 4.39 Å². The molecule has 1 aliphatic rings. The van der Waals surface area contributed by atoms with Crippen molar-refractivity contribution in [1.29, 1.82) is 0 Å². The first-order chi connectivity index (χ1) is 9.63. The van der Waals surface area contributed by atoms with E-state index in [1.807, 2.05) is 0 Å². The zero-order valence-electron chi connectivity index (χ0n) is 11.3. The minimum Gasteiger partial charge on any atom is -0.352 e. The minimum atomic E-state index is -0.329. The lowest BCUT2D eigenvalue weighted by Gasteiger charge is -2.12. The SMILES string of the molecule is O=C(Cc1ccc(F)cc1)NCC(=O)NC1CCCC1. The van der Waals surface area contributed by atoms with Crippen LogP contribution in [0.2, 0.25) is 0 Å². The van der Waals surface area contributed by atoms with Gasteiger partial charge in [0.1, 0.15) is 5.82 Å². The largest absolute Gasteiger partial charge is 0.352 e. The Hall–Kier alpha value is -1.91. The molecule has 1 aliphatic carbocycles. The molecule has 2 amide bonds. The van der Waals surface area contributed by atoms with Crippen molar-refractivity contribution in [3.8, 4) is 0 Å². The fourth-order valence-electron chi connectivity index (χ4n) is 2.38. The van der Waals surface area contributed by atoms with E-state index in [2.05, 4.69) is 10.6 Å². The van der Waals surface area contributed by atoms with Crippen LogP contribution in [0.3, 0.4) is 0 Å². The summed E-state index contributed by atoms with van der Waals surface area (Å²) in [6.07, 6.45) is 4.51. The lowest BCUT2D eigenvalue weighted by Crippen LogP contribution is -2.41. The van der Waals surface area contributed by atoms with Crippen molar-refractivity contribution >= 4 is 11.8 Å². The highest BCUT2D eigenvalue weighted by molar-refractivity contribution is 5.85. The maximum absolute atomic E-state index is 12.7. The molecule has 0 spiro atoms. The average Bonchev–Trinajstić information content (AvgIpc) is 2.92. The van der Waals surface area contributed by atoms with Crippen molar-refractivity contribution < 1.29 is 14.0 Å². The number of benzene rings is 1. The molecule has 1 saturated carbocycles. The Morgan fingerprint density at radius 3 is 2.40 bits per heavy atom. The van der Waals surface area contributed by atoms with Crippen LogP contribution in [0.5, 0.6) is 0 Å². The number of halogens is 1. The van der Waals surface area contributed by atoms with Gasteiger partial charge in [-0.25, -0.2) is 4.39 Å². The predicted octanol–water partition coefficient (Wildman–Crippen LogP) is 1.54. The maximum Gasteiger partial charge on any atom is 0.239 e. The van der Waals surface area contributed by atoms with E-state index >= 15 is 0 Å². The Kier molecular flexibility index (Phi) is 5.09. The summed E-state index contributed by atoms with van der Waals surface area (Å²) in [5, 5.41) is 5.48. The van der Waals surface area contributed by atoms with Crippen LogP contribution < -0.4 is 10.6 Å². The molecule has 0 atom stereocenters. The third-order valence-electron chi connectivity index (χ3n) is 3.44. The van der Waals surface area contributed by atoms with Gasteiger partial charge in [-0.05, 0) is 30.5 Å². The Balaban J connectivity index is 1.69. The highest BCUT2D eigenvalue weighted by atomic mass is 19.1. The molecule has 1 aromatic carbocycles. The Labute approximate surface area is 117 Å². The van der Waals surface area contributed by atoms with Gasteiger partial charge in [-0.2, -0.15) is 0 Å². The first-order valence-electron chi connectivity index (χ1n) is 6.94. The van der Waals surface area contributed by atoms with Gasteiger partial charge in [-0.1, -0.05) is 25.0 Å². The second-order valence-corrected chi connectivity index (χ2v) is 5.13. The molecule has 5 heteroatoms. The molecular weight excluding hydrogens is 259 g/mol. The second kappa shape index (κ2) is 7.03. The van der Waals surface area contributed by atoms with Crippen LogP contribution in [0.25, 0.3) is 0 Å². The summed E-state index contributed by atoms with van der Waals surface area (Å²) < 4.78 is 12.7. The standard InChI is InChI=1S/C15H19FN2O2/c16-12-7-5-11(6-8-12)9-14(19)17-10-15(20)18-13-3-1-2-4-13/h5-8,13H,1-4,9-10H2,(H,17,19)(H,18,20). The van der Waals surface area contributed by atoms with Crippen LogP contribution >= 0.6 is 0 Å². The van der Waals surface area contributed by atoms with E-state index in [0.29, 0.717) is 0 Å². The molecule has 0 aliphatic heterocycles. The van der Waals surface area contributed by atoms with E-state index in [0.717, 1.165) is 31.2 Å². The lowest BCUT2D eigenvalue weighted by molar-refractivity contribution is -0.126. The topological polar surface area (TPSA) is 58.2 Å². The summed E-state index contributed by atoms with van der Waals surface area (Å²) in [6.45, 7) is -0.00344. The highest BCUT2D eigenvalue weighted by Gasteiger charge is 2.17. The van der Waals surface area contributed by atoms with Gasteiger partial charge in [-0.3, -0.25) is 9.59 Å². The second-order valence-electron chi connectivity index (χ2n) is 5.13. The maximum atomic E-state index is 12.7. The predicted molar refractivity (Wildman–Crippen MR) is 73.5 cm³/mol. The highest BCUT2D eigenvalue weighted by Crippen LogP contribution is 2.17. The van der Waals surface area contributed by atoms with Gasteiger partial charge in [0.2, 0.25) is 11.8 Å². The Morgan fingerprint density at radius 1 is 1.10 bits per heavy atom. The fourth-order valence-corrected chi connectivity index (χ4v) is 2.38. The van der Waals surface area contributed by atoms with Crippen LogP contribution in [0.1, 0.15) is 31.2 Å². The van der Waals surface area contributed by atoms with Gasteiger partial charge >= 0.3 is 0 Å². The van der Waals surface area contributed by atoms with E-state index < -0.39 is 0 Å². The molecule has 0 bridgehead atoms.